The predicted molar refractivity (Wildman–Crippen MR) is 99.2 cm³/mol. The van der Waals surface area contributed by atoms with E-state index in [1.54, 1.807) is 36.4 Å². The molecule has 0 aliphatic carbocycles. The largest absolute Gasteiger partial charge is 0.339 e. The van der Waals surface area contributed by atoms with E-state index in [9.17, 15) is 8.42 Å². The van der Waals surface area contributed by atoms with Crippen molar-refractivity contribution in [1.82, 2.24) is 10.2 Å². The van der Waals surface area contributed by atoms with Crippen LogP contribution in [0.25, 0.3) is 0 Å². The third-order valence-corrected chi connectivity index (χ3v) is 4.69. The summed E-state index contributed by atoms with van der Waals surface area (Å²) in [5, 5.41) is 11.1. The SMILES string of the molecule is Cc1ccc(Nc2ccc(NS(=O)(=O)Cc3ccccc3)cc2)nn1. The van der Waals surface area contributed by atoms with Crippen LogP contribution in [0.5, 0.6) is 0 Å². The number of nitrogens with zero attached hydrogens (tertiary/aromatic N) is 2. The van der Waals surface area contributed by atoms with E-state index in [0.717, 1.165) is 16.9 Å². The van der Waals surface area contributed by atoms with Crippen molar-refractivity contribution in [2.75, 3.05) is 10.0 Å². The highest BCUT2D eigenvalue weighted by Crippen LogP contribution is 2.19. The molecule has 6 nitrogen and oxygen atoms in total. The lowest BCUT2D eigenvalue weighted by atomic mass is 10.2. The molecule has 0 saturated carbocycles. The molecule has 2 aromatic carbocycles. The molecule has 2 N–H and O–H groups in total. The molecule has 1 heterocycles. The Hall–Kier alpha value is -2.93. The summed E-state index contributed by atoms with van der Waals surface area (Å²) in [6.07, 6.45) is 0. The maximum absolute atomic E-state index is 12.2. The van der Waals surface area contributed by atoms with Crippen LogP contribution in [0.3, 0.4) is 0 Å². The first-order chi connectivity index (χ1) is 12.0. The average molecular weight is 354 g/mol. The first-order valence-corrected chi connectivity index (χ1v) is 9.37. The van der Waals surface area contributed by atoms with Crippen molar-refractivity contribution in [1.29, 1.82) is 0 Å². The lowest BCUT2D eigenvalue weighted by molar-refractivity contribution is 0.600. The van der Waals surface area contributed by atoms with Crippen LogP contribution in [0.4, 0.5) is 17.2 Å². The fourth-order valence-corrected chi connectivity index (χ4v) is 3.44. The van der Waals surface area contributed by atoms with Crippen LogP contribution in [-0.4, -0.2) is 18.6 Å². The van der Waals surface area contributed by atoms with Gasteiger partial charge in [0.2, 0.25) is 10.0 Å². The minimum atomic E-state index is -3.46. The third kappa shape index (κ3) is 5.02. The lowest BCUT2D eigenvalue weighted by Gasteiger charge is -2.10. The molecule has 0 spiro atoms. The Kier molecular flexibility index (Phi) is 4.95. The summed E-state index contributed by atoms with van der Waals surface area (Å²) in [4.78, 5) is 0. The Morgan fingerprint density at radius 2 is 1.52 bits per heavy atom. The summed E-state index contributed by atoms with van der Waals surface area (Å²) in [7, 11) is -3.46. The van der Waals surface area contributed by atoms with Gasteiger partial charge in [-0.1, -0.05) is 30.3 Å². The lowest BCUT2D eigenvalue weighted by Crippen LogP contribution is -2.15. The van der Waals surface area contributed by atoms with Crippen molar-refractivity contribution >= 4 is 27.2 Å². The minimum absolute atomic E-state index is 0.0627. The van der Waals surface area contributed by atoms with Crippen molar-refractivity contribution < 1.29 is 8.42 Å². The molecule has 3 aromatic rings. The third-order valence-electron chi connectivity index (χ3n) is 3.43. The second-order valence-electron chi connectivity index (χ2n) is 5.61. The molecule has 0 bridgehead atoms. The highest BCUT2D eigenvalue weighted by Gasteiger charge is 2.11. The summed E-state index contributed by atoms with van der Waals surface area (Å²) in [5.74, 6) is 0.565. The quantitative estimate of drug-likeness (QED) is 0.708. The molecule has 0 saturated heterocycles. The molecule has 0 unspecified atom stereocenters. The van der Waals surface area contributed by atoms with Crippen molar-refractivity contribution in [2.24, 2.45) is 0 Å². The van der Waals surface area contributed by atoms with Crippen LogP contribution in [0.15, 0.2) is 66.7 Å². The highest BCUT2D eigenvalue weighted by atomic mass is 32.2. The topological polar surface area (TPSA) is 84.0 Å². The Morgan fingerprint density at radius 3 is 2.16 bits per heavy atom. The maximum atomic E-state index is 12.2. The smallest absolute Gasteiger partial charge is 0.236 e. The predicted octanol–water partition coefficient (Wildman–Crippen LogP) is 3.47. The van der Waals surface area contributed by atoms with Crippen LogP contribution in [-0.2, 0) is 15.8 Å². The molecule has 3 rings (SSSR count). The van der Waals surface area contributed by atoms with E-state index in [0.29, 0.717) is 11.5 Å². The van der Waals surface area contributed by atoms with Gasteiger partial charge in [0.25, 0.3) is 0 Å². The minimum Gasteiger partial charge on any atom is -0.339 e. The standard InChI is InChI=1S/C18H18N4O2S/c1-14-7-12-18(21-20-14)19-16-8-10-17(11-9-16)22-25(23,24)13-15-5-3-2-4-6-15/h2-12,22H,13H2,1H3,(H,19,21). The number of rotatable bonds is 6. The summed E-state index contributed by atoms with van der Waals surface area (Å²) in [6.45, 7) is 1.87. The van der Waals surface area contributed by atoms with Gasteiger partial charge in [0.15, 0.2) is 5.82 Å². The molecule has 0 radical (unpaired) electrons. The van der Waals surface area contributed by atoms with Crippen LogP contribution < -0.4 is 10.0 Å². The number of hydrogen-bond donors (Lipinski definition) is 2. The van der Waals surface area contributed by atoms with Crippen LogP contribution in [0, 0.1) is 6.92 Å². The summed E-state index contributed by atoms with van der Waals surface area (Å²) in [5.41, 5.74) is 2.89. The van der Waals surface area contributed by atoms with E-state index in [2.05, 4.69) is 20.2 Å². The second kappa shape index (κ2) is 7.31. The van der Waals surface area contributed by atoms with Gasteiger partial charge in [0.1, 0.15) is 0 Å². The van der Waals surface area contributed by atoms with Crippen molar-refractivity contribution in [3.63, 3.8) is 0 Å². The number of benzene rings is 2. The zero-order chi connectivity index (χ0) is 17.7. The zero-order valence-electron chi connectivity index (χ0n) is 13.7. The van der Waals surface area contributed by atoms with E-state index in [1.165, 1.54) is 0 Å². The Morgan fingerprint density at radius 1 is 0.840 bits per heavy atom. The summed E-state index contributed by atoms with van der Waals surface area (Å²) < 4.78 is 27.0. The van der Waals surface area contributed by atoms with Gasteiger partial charge in [-0.25, -0.2) is 8.42 Å². The van der Waals surface area contributed by atoms with Crippen molar-refractivity contribution in [2.45, 2.75) is 12.7 Å². The van der Waals surface area contributed by atoms with Crippen LogP contribution in [0.2, 0.25) is 0 Å². The van der Waals surface area contributed by atoms with Gasteiger partial charge in [-0.05, 0) is 48.9 Å². The maximum Gasteiger partial charge on any atom is 0.236 e. The summed E-state index contributed by atoms with van der Waals surface area (Å²) >= 11 is 0. The molecule has 1 aromatic heterocycles. The number of aromatic nitrogens is 2. The summed E-state index contributed by atoms with van der Waals surface area (Å²) in [6, 6.07) is 19.7. The van der Waals surface area contributed by atoms with Crippen LogP contribution in [0.1, 0.15) is 11.3 Å². The number of nitrogens with one attached hydrogen (secondary N) is 2. The normalized spacial score (nSPS) is 11.1. The van der Waals surface area contributed by atoms with Crippen molar-refractivity contribution in [3.05, 3.63) is 78.0 Å². The number of sulfonamides is 1. The average Bonchev–Trinajstić information content (AvgIpc) is 2.59. The van der Waals surface area contributed by atoms with Gasteiger partial charge in [-0.15, -0.1) is 5.10 Å². The second-order valence-corrected chi connectivity index (χ2v) is 7.33. The monoisotopic (exact) mass is 354 g/mol. The van der Waals surface area contributed by atoms with Crippen molar-refractivity contribution in [3.8, 4) is 0 Å². The van der Waals surface area contributed by atoms with Gasteiger partial charge < -0.3 is 5.32 Å². The Labute approximate surface area is 147 Å². The van der Waals surface area contributed by atoms with E-state index in [1.807, 2.05) is 37.3 Å². The molecular formula is C18H18N4O2S. The van der Waals surface area contributed by atoms with E-state index in [4.69, 9.17) is 0 Å². The molecule has 25 heavy (non-hydrogen) atoms. The van der Waals surface area contributed by atoms with Gasteiger partial charge >= 0.3 is 0 Å². The molecule has 0 amide bonds. The molecule has 0 atom stereocenters. The first kappa shape index (κ1) is 16.9. The van der Waals surface area contributed by atoms with Gasteiger partial charge in [0, 0.05) is 11.4 Å². The molecule has 7 heteroatoms. The zero-order valence-corrected chi connectivity index (χ0v) is 14.5. The van der Waals surface area contributed by atoms with E-state index < -0.39 is 10.0 Å². The number of anilines is 3. The van der Waals surface area contributed by atoms with E-state index in [-0.39, 0.29) is 5.75 Å². The molecule has 0 fully saturated rings. The first-order valence-electron chi connectivity index (χ1n) is 7.72. The Bertz CT molecular complexity index is 925. The van der Waals surface area contributed by atoms with Gasteiger partial charge in [-0.3, -0.25) is 4.72 Å². The number of aryl methyl sites for hydroxylation is 1. The molecule has 128 valence electrons. The molecular weight excluding hydrogens is 336 g/mol. The highest BCUT2D eigenvalue weighted by molar-refractivity contribution is 7.91. The van der Waals surface area contributed by atoms with E-state index >= 15 is 0 Å². The number of hydrogen-bond acceptors (Lipinski definition) is 5. The Balaban J connectivity index is 1.64. The fraction of sp³-hybridized carbons (Fsp3) is 0.111. The fourth-order valence-electron chi connectivity index (χ4n) is 2.24. The van der Waals surface area contributed by atoms with Gasteiger partial charge in [0.05, 0.1) is 11.4 Å². The van der Waals surface area contributed by atoms with Gasteiger partial charge in [-0.2, -0.15) is 5.10 Å². The molecule has 0 aliphatic heterocycles. The van der Waals surface area contributed by atoms with Crippen LogP contribution >= 0.6 is 0 Å². The molecule has 0 aliphatic rings.